The third-order valence-corrected chi connectivity index (χ3v) is 5.25. The molecule has 2 fully saturated rings. The minimum absolute atomic E-state index is 0.0217. The number of likely N-dealkylation sites (N-methyl/N-ethyl adjacent to an activating group) is 1. The summed E-state index contributed by atoms with van der Waals surface area (Å²) in [6, 6.07) is 7.44. The maximum Gasteiger partial charge on any atom is 0.315 e. The van der Waals surface area contributed by atoms with E-state index < -0.39 is 0 Å². The largest absolute Gasteiger partial charge is 0.497 e. The number of likely N-dealkylation sites (tertiary alicyclic amines) is 1. The molecule has 142 valence electrons. The SMILES string of the molecule is CCN1CCC[C@H]1CNC(=O)N[C@@H]1CC(=O)N(c2ccc(OC)cc2)C1. The fraction of sp³-hybridized carbons (Fsp3) is 0.579. The molecular formula is C19H28N4O3. The second-order valence-electron chi connectivity index (χ2n) is 6.88. The van der Waals surface area contributed by atoms with Crippen LogP contribution in [-0.4, -0.2) is 62.2 Å². The zero-order valence-corrected chi connectivity index (χ0v) is 15.5. The van der Waals surface area contributed by atoms with E-state index in [1.807, 2.05) is 24.3 Å². The first kappa shape index (κ1) is 18.5. The number of anilines is 1. The molecule has 3 rings (SSSR count). The monoisotopic (exact) mass is 360 g/mol. The van der Waals surface area contributed by atoms with Gasteiger partial charge in [-0.25, -0.2) is 4.79 Å². The zero-order chi connectivity index (χ0) is 18.5. The normalized spacial score (nSPS) is 23.3. The predicted octanol–water partition coefficient (Wildman–Crippen LogP) is 1.58. The van der Waals surface area contributed by atoms with Crippen molar-refractivity contribution >= 4 is 17.6 Å². The number of urea groups is 1. The Balaban J connectivity index is 1.48. The van der Waals surface area contributed by atoms with Crippen molar-refractivity contribution in [3.05, 3.63) is 24.3 Å². The third-order valence-electron chi connectivity index (χ3n) is 5.25. The van der Waals surface area contributed by atoms with Gasteiger partial charge in [0.25, 0.3) is 0 Å². The standard InChI is InChI=1S/C19H28N4O3/c1-3-22-10-4-5-16(22)12-20-19(25)21-14-11-18(24)23(13-14)15-6-8-17(26-2)9-7-15/h6-9,14,16H,3-5,10-13H2,1-2H3,(H2,20,21,25)/t14-,16+/m1/s1. The molecule has 0 spiro atoms. The Morgan fingerprint density at radius 2 is 2.08 bits per heavy atom. The summed E-state index contributed by atoms with van der Waals surface area (Å²) in [7, 11) is 1.61. The van der Waals surface area contributed by atoms with E-state index in [4.69, 9.17) is 4.74 Å². The highest BCUT2D eigenvalue weighted by Gasteiger charge is 2.32. The lowest BCUT2D eigenvalue weighted by Crippen LogP contribution is -2.47. The van der Waals surface area contributed by atoms with Crippen LogP contribution in [0.1, 0.15) is 26.2 Å². The molecule has 0 bridgehead atoms. The summed E-state index contributed by atoms with van der Waals surface area (Å²) in [4.78, 5) is 28.6. The molecule has 7 nitrogen and oxygen atoms in total. The van der Waals surface area contributed by atoms with Gasteiger partial charge < -0.3 is 20.3 Å². The number of amides is 3. The van der Waals surface area contributed by atoms with Crippen LogP contribution in [0.15, 0.2) is 24.3 Å². The Kier molecular flexibility index (Phi) is 5.98. The van der Waals surface area contributed by atoms with E-state index in [-0.39, 0.29) is 18.0 Å². The lowest BCUT2D eigenvalue weighted by molar-refractivity contribution is -0.117. The van der Waals surface area contributed by atoms with Crippen LogP contribution in [0.3, 0.4) is 0 Å². The van der Waals surface area contributed by atoms with Crippen LogP contribution in [0, 0.1) is 0 Å². The number of ether oxygens (including phenoxy) is 1. The topological polar surface area (TPSA) is 73.9 Å². The molecule has 7 heteroatoms. The quantitative estimate of drug-likeness (QED) is 0.808. The average molecular weight is 360 g/mol. The lowest BCUT2D eigenvalue weighted by atomic mass is 10.2. The molecule has 0 unspecified atom stereocenters. The minimum atomic E-state index is -0.192. The molecule has 2 N–H and O–H groups in total. The van der Waals surface area contributed by atoms with Crippen LogP contribution < -0.4 is 20.3 Å². The summed E-state index contributed by atoms with van der Waals surface area (Å²) in [5, 5.41) is 5.89. The van der Waals surface area contributed by atoms with Gasteiger partial charge in [0.05, 0.1) is 13.2 Å². The van der Waals surface area contributed by atoms with Gasteiger partial charge in [-0.3, -0.25) is 9.69 Å². The number of carbonyl (C=O) groups excluding carboxylic acids is 2. The van der Waals surface area contributed by atoms with Crippen LogP contribution >= 0.6 is 0 Å². The van der Waals surface area contributed by atoms with Crippen LogP contribution in [0.2, 0.25) is 0 Å². The van der Waals surface area contributed by atoms with Gasteiger partial charge in [0, 0.05) is 31.2 Å². The number of nitrogens with zero attached hydrogens (tertiary/aromatic N) is 2. The van der Waals surface area contributed by atoms with Crippen molar-refractivity contribution in [1.82, 2.24) is 15.5 Å². The Morgan fingerprint density at radius 3 is 2.77 bits per heavy atom. The summed E-state index contributed by atoms with van der Waals surface area (Å²) in [5.41, 5.74) is 0.824. The first-order valence-corrected chi connectivity index (χ1v) is 9.33. The number of hydrogen-bond acceptors (Lipinski definition) is 4. The fourth-order valence-electron chi connectivity index (χ4n) is 3.81. The van der Waals surface area contributed by atoms with E-state index in [1.54, 1.807) is 12.0 Å². The fourth-order valence-corrected chi connectivity index (χ4v) is 3.81. The van der Waals surface area contributed by atoms with Gasteiger partial charge in [0.2, 0.25) is 5.91 Å². The molecule has 1 aromatic carbocycles. The van der Waals surface area contributed by atoms with Gasteiger partial charge in [-0.05, 0) is 50.2 Å². The highest BCUT2D eigenvalue weighted by molar-refractivity contribution is 5.96. The Bertz CT molecular complexity index is 634. The first-order valence-electron chi connectivity index (χ1n) is 9.33. The lowest BCUT2D eigenvalue weighted by Gasteiger charge is -2.23. The minimum Gasteiger partial charge on any atom is -0.497 e. The maximum atomic E-state index is 12.3. The van der Waals surface area contributed by atoms with E-state index in [0.717, 1.165) is 30.9 Å². The van der Waals surface area contributed by atoms with Crippen molar-refractivity contribution < 1.29 is 14.3 Å². The van der Waals surface area contributed by atoms with E-state index in [9.17, 15) is 9.59 Å². The predicted molar refractivity (Wildman–Crippen MR) is 101 cm³/mol. The van der Waals surface area contributed by atoms with Crippen LogP contribution in [0.5, 0.6) is 5.75 Å². The second-order valence-corrected chi connectivity index (χ2v) is 6.88. The molecule has 0 saturated carbocycles. The van der Waals surface area contributed by atoms with E-state index in [1.165, 1.54) is 6.42 Å². The highest BCUT2D eigenvalue weighted by Crippen LogP contribution is 2.24. The van der Waals surface area contributed by atoms with Crippen molar-refractivity contribution in [2.75, 3.05) is 38.2 Å². The van der Waals surface area contributed by atoms with Crippen molar-refractivity contribution in [3.63, 3.8) is 0 Å². The van der Waals surface area contributed by atoms with Crippen molar-refractivity contribution in [2.45, 2.75) is 38.3 Å². The summed E-state index contributed by atoms with van der Waals surface area (Å²) < 4.78 is 5.14. The number of hydrogen-bond donors (Lipinski definition) is 2. The number of methoxy groups -OCH3 is 1. The molecular weight excluding hydrogens is 332 g/mol. The smallest absolute Gasteiger partial charge is 0.315 e. The molecule has 0 aromatic heterocycles. The molecule has 2 aliphatic heterocycles. The number of benzene rings is 1. The van der Waals surface area contributed by atoms with E-state index >= 15 is 0 Å². The Morgan fingerprint density at radius 1 is 1.31 bits per heavy atom. The number of carbonyl (C=O) groups is 2. The van der Waals surface area contributed by atoms with Gasteiger partial charge in [0.1, 0.15) is 5.75 Å². The molecule has 3 amide bonds. The van der Waals surface area contributed by atoms with Gasteiger partial charge in [-0.15, -0.1) is 0 Å². The molecule has 1 aromatic rings. The number of rotatable bonds is 6. The molecule has 26 heavy (non-hydrogen) atoms. The maximum absolute atomic E-state index is 12.3. The van der Waals surface area contributed by atoms with Crippen LogP contribution in [0.25, 0.3) is 0 Å². The summed E-state index contributed by atoms with van der Waals surface area (Å²) in [6.45, 7) is 5.42. The van der Waals surface area contributed by atoms with E-state index in [0.29, 0.717) is 25.6 Å². The van der Waals surface area contributed by atoms with Crippen molar-refractivity contribution in [2.24, 2.45) is 0 Å². The Hall–Kier alpha value is -2.28. The van der Waals surface area contributed by atoms with Crippen molar-refractivity contribution in [3.8, 4) is 5.75 Å². The third kappa shape index (κ3) is 4.27. The van der Waals surface area contributed by atoms with Crippen LogP contribution in [0.4, 0.5) is 10.5 Å². The van der Waals surface area contributed by atoms with Crippen molar-refractivity contribution in [1.29, 1.82) is 0 Å². The summed E-state index contributed by atoms with van der Waals surface area (Å²) >= 11 is 0. The van der Waals surface area contributed by atoms with Crippen LogP contribution in [-0.2, 0) is 4.79 Å². The number of nitrogens with one attached hydrogen (secondary N) is 2. The van der Waals surface area contributed by atoms with Gasteiger partial charge in [0.15, 0.2) is 0 Å². The average Bonchev–Trinajstić information content (AvgIpc) is 3.26. The van der Waals surface area contributed by atoms with Gasteiger partial charge in [-0.2, -0.15) is 0 Å². The second kappa shape index (κ2) is 8.40. The summed E-state index contributed by atoms with van der Waals surface area (Å²) in [5.74, 6) is 0.774. The molecule has 0 radical (unpaired) electrons. The highest BCUT2D eigenvalue weighted by atomic mass is 16.5. The van der Waals surface area contributed by atoms with Gasteiger partial charge in [-0.1, -0.05) is 6.92 Å². The molecule has 2 aliphatic rings. The first-order chi connectivity index (χ1) is 12.6. The summed E-state index contributed by atoms with van der Waals surface area (Å²) in [6.07, 6.45) is 2.64. The molecule has 2 saturated heterocycles. The zero-order valence-electron chi connectivity index (χ0n) is 15.5. The van der Waals surface area contributed by atoms with Gasteiger partial charge >= 0.3 is 6.03 Å². The molecule has 2 heterocycles. The van der Waals surface area contributed by atoms with E-state index in [2.05, 4.69) is 22.5 Å². The molecule has 2 atom stereocenters. The Labute approximate surface area is 154 Å². The molecule has 0 aliphatic carbocycles.